The van der Waals surface area contributed by atoms with E-state index in [1.165, 1.54) is 7.05 Å². The number of carbonyl (C=O) groups is 1. The molecule has 102 valence electrons. The summed E-state index contributed by atoms with van der Waals surface area (Å²) in [5.74, 6) is -0.529. The molecule has 1 unspecified atom stereocenters. The van der Waals surface area contributed by atoms with Crippen LogP contribution in [0.5, 0.6) is 0 Å². The molecular formula is C9H17Br2NO4S. The molecule has 0 aliphatic heterocycles. The number of alkyl halides is 2. The molecule has 0 bridgehead atoms. The molecule has 1 atom stereocenters. The van der Waals surface area contributed by atoms with Crippen LogP contribution in [0.3, 0.4) is 0 Å². The van der Waals surface area contributed by atoms with Crippen LogP contribution in [0.1, 0.15) is 19.8 Å². The van der Waals surface area contributed by atoms with Crippen molar-refractivity contribution in [3.63, 3.8) is 0 Å². The molecule has 0 rings (SSSR count). The number of carbonyl (C=O) groups excluding carboxylic acids is 1. The maximum atomic E-state index is 11.8. The van der Waals surface area contributed by atoms with E-state index in [9.17, 15) is 13.2 Å². The summed E-state index contributed by atoms with van der Waals surface area (Å²) in [5.41, 5.74) is 0. The Morgan fingerprint density at radius 1 is 1.47 bits per heavy atom. The number of halogens is 2. The molecule has 0 aliphatic carbocycles. The van der Waals surface area contributed by atoms with Gasteiger partial charge in [0.1, 0.15) is 10.7 Å². The van der Waals surface area contributed by atoms with Crippen molar-refractivity contribution >= 4 is 47.9 Å². The molecule has 0 saturated heterocycles. The summed E-state index contributed by atoms with van der Waals surface area (Å²) in [5, 5.41) is 0.255. The molecule has 0 spiro atoms. The Kier molecular flexibility index (Phi) is 8.61. The van der Waals surface area contributed by atoms with Gasteiger partial charge >= 0.3 is 5.97 Å². The van der Waals surface area contributed by atoms with E-state index in [1.54, 1.807) is 0 Å². The van der Waals surface area contributed by atoms with Gasteiger partial charge in [-0.15, -0.1) is 0 Å². The van der Waals surface area contributed by atoms with Crippen LogP contribution < -0.4 is 0 Å². The minimum atomic E-state index is -3.51. The van der Waals surface area contributed by atoms with Gasteiger partial charge in [-0.05, 0) is 6.42 Å². The molecule has 17 heavy (non-hydrogen) atoms. The van der Waals surface area contributed by atoms with Gasteiger partial charge in [0.15, 0.2) is 0 Å². The maximum Gasteiger partial charge on any atom is 0.321 e. The van der Waals surface area contributed by atoms with Crippen molar-refractivity contribution in [3.05, 3.63) is 0 Å². The largest absolute Gasteiger partial charge is 0.465 e. The molecule has 0 radical (unpaired) electrons. The van der Waals surface area contributed by atoms with Crippen molar-refractivity contribution in [2.75, 3.05) is 25.5 Å². The predicted molar refractivity (Wildman–Crippen MR) is 73.9 cm³/mol. The molecule has 0 heterocycles. The van der Waals surface area contributed by atoms with Crippen molar-refractivity contribution in [1.29, 1.82) is 0 Å². The van der Waals surface area contributed by atoms with Gasteiger partial charge in [0, 0.05) is 12.4 Å². The highest BCUT2D eigenvalue weighted by Crippen LogP contribution is 2.15. The average Bonchev–Trinajstić information content (AvgIpc) is 2.28. The first-order valence-corrected chi connectivity index (χ1v) is 8.71. The minimum absolute atomic E-state index is 0.255. The monoisotopic (exact) mass is 393 g/mol. The van der Waals surface area contributed by atoms with Gasteiger partial charge < -0.3 is 4.74 Å². The zero-order valence-electron chi connectivity index (χ0n) is 9.86. The topological polar surface area (TPSA) is 63.7 Å². The lowest BCUT2D eigenvalue weighted by Crippen LogP contribution is -2.38. The van der Waals surface area contributed by atoms with Crippen molar-refractivity contribution in [3.8, 4) is 0 Å². The lowest BCUT2D eigenvalue weighted by molar-refractivity contribution is -0.143. The van der Waals surface area contributed by atoms with Gasteiger partial charge in [-0.1, -0.05) is 45.2 Å². The van der Waals surface area contributed by atoms with E-state index < -0.39 is 20.2 Å². The lowest BCUT2D eigenvalue weighted by Gasteiger charge is -2.18. The smallest absolute Gasteiger partial charge is 0.321 e. The Bertz CT molecular complexity index is 334. The fraction of sp³-hybridized carbons (Fsp3) is 0.889. The Labute approximate surface area is 119 Å². The highest BCUT2D eigenvalue weighted by molar-refractivity contribution is 9.13. The zero-order valence-corrected chi connectivity index (χ0v) is 13.8. The van der Waals surface area contributed by atoms with E-state index in [4.69, 9.17) is 4.74 Å². The van der Waals surface area contributed by atoms with Gasteiger partial charge in [-0.25, -0.2) is 8.42 Å². The minimum Gasteiger partial charge on any atom is -0.465 e. The van der Waals surface area contributed by atoms with Crippen LogP contribution in [0.2, 0.25) is 0 Å². The van der Waals surface area contributed by atoms with Crippen LogP contribution in [0, 0.1) is 0 Å². The third-order valence-electron chi connectivity index (χ3n) is 1.99. The number of hydrogen-bond acceptors (Lipinski definition) is 4. The molecule has 0 fully saturated rings. The third-order valence-corrected chi connectivity index (χ3v) is 7.49. The first-order valence-electron chi connectivity index (χ1n) is 5.17. The molecule has 0 aliphatic rings. The number of nitrogens with zero attached hydrogens (tertiary/aromatic N) is 1. The summed E-state index contributed by atoms with van der Waals surface area (Å²) in [6.07, 6.45) is 1.71. The van der Waals surface area contributed by atoms with Crippen molar-refractivity contribution < 1.29 is 17.9 Å². The quantitative estimate of drug-likeness (QED) is 0.357. The SMILES string of the molecule is CCCCOC(=O)CN(C)S(=O)(=O)C(Br)CBr. The van der Waals surface area contributed by atoms with Crippen LogP contribution in [-0.4, -0.2) is 48.4 Å². The van der Waals surface area contributed by atoms with Crippen LogP contribution in [0.15, 0.2) is 0 Å². The molecule has 0 N–H and O–H groups in total. The fourth-order valence-corrected chi connectivity index (χ4v) is 3.62. The second-order valence-corrected chi connectivity index (χ2v) is 8.02. The van der Waals surface area contributed by atoms with Gasteiger partial charge in [-0.3, -0.25) is 4.79 Å². The van der Waals surface area contributed by atoms with E-state index in [1.807, 2.05) is 6.92 Å². The van der Waals surface area contributed by atoms with Crippen LogP contribution in [-0.2, 0) is 19.6 Å². The average molecular weight is 395 g/mol. The summed E-state index contributed by atoms with van der Waals surface area (Å²) in [7, 11) is -2.16. The Morgan fingerprint density at radius 3 is 2.53 bits per heavy atom. The predicted octanol–water partition coefficient (Wildman–Crippen LogP) is 1.71. The molecule has 0 aromatic rings. The second kappa shape index (κ2) is 8.44. The first kappa shape index (κ1) is 17.3. The number of likely N-dealkylation sites (N-methyl/N-ethyl adjacent to an activating group) is 1. The Hall–Kier alpha value is 0.340. The van der Waals surface area contributed by atoms with Crippen molar-refractivity contribution in [2.24, 2.45) is 0 Å². The molecule has 0 aromatic heterocycles. The molecule has 0 amide bonds. The normalized spacial score (nSPS) is 13.7. The van der Waals surface area contributed by atoms with E-state index in [-0.39, 0.29) is 11.9 Å². The van der Waals surface area contributed by atoms with E-state index in [2.05, 4.69) is 31.9 Å². The standard InChI is InChI=1S/C9H17Br2NO4S/c1-3-4-5-16-9(13)7-12(2)17(14,15)8(11)6-10/h8H,3-7H2,1-2H3. The van der Waals surface area contributed by atoms with Crippen molar-refractivity contribution in [2.45, 2.75) is 23.9 Å². The number of sulfonamides is 1. The molecule has 0 aromatic carbocycles. The summed E-state index contributed by atoms with van der Waals surface area (Å²) in [6, 6.07) is 0. The summed E-state index contributed by atoms with van der Waals surface area (Å²) in [6.45, 7) is 2.05. The number of esters is 1. The van der Waals surface area contributed by atoms with Crippen LogP contribution >= 0.6 is 31.9 Å². The third kappa shape index (κ3) is 6.17. The fourth-order valence-electron chi connectivity index (χ4n) is 0.923. The molecule has 0 saturated carbocycles. The molecular weight excluding hydrogens is 378 g/mol. The van der Waals surface area contributed by atoms with Gasteiger partial charge in [0.2, 0.25) is 10.0 Å². The molecule has 8 heteroatoms. The number of ether oxygens (including phenoxy) is 1. The van der Waals surface area contributed by atoms with Crippen LogP contribution in [0.25, 0.3) is 0 Å². The number of hydrogen-bond donors (Lipinski definition) is 0. The van der Waals surface area contributed by atoms with Gasteiger partial charge in [-0.2, -0.15) is 4.31 Å². The summed E-state index contributed by atoms with van der Waals surface area (Å²) >= 11 is 6.09. The van der Waals surface area contributed by atoms with Crippen LogP contribution in [0.4, 0.5) is 0 Å². The molecule has 5 nitrogen and oxygen atoms in total. The Morgan fingerprint density at radius 2 is 2.06 bits per heavy atom. The summed E-state index contributed by atoms with van der Waals surface area (Å²) in [4.78, 5) is 11.3. The highest BCUT2D eigenvalue weighted by atomic mass is 79.9. The van der Waals surface area contributed by atoms with Gasteiger partial charge in [0.05, 0.1) is 6.61 Å². The number of rotatable bonds is 8. The van der Waals surface area contributed by atoms with Gasteiger partial charge in [0.25, 0.3) is 0 Å². The number of unbranched alkanes of at least 4 members (excludes halogenated alkanes) is 1. The maximum absolute atomic E-state index is 11.8. The van der Waals surface area contributed by atoms with E-state index in [0.717, 1.165) is 17.1 Å². The van der Waals surface area contributed by atoms with Crippen molar-refractivity contribution in [1.82, 2.24) is 4.31 Å². The van der Waals surface area contributed by atoms with E-state index >= 15 is 0 Å². The Balaban J connectivity index is 4.25. The summed E-state index contributed by atoms with van der Waals surface area (Å²) < 4.78 is 28.7. The zero-order chi connectivity index (χ0) is 13.5. The lowest BCUT2D eigenvalue weighted by atomic mass is 10.4. The van der Waals surface area contributed by atoms with E-state index in [0.29, 0.717) is 6.61 Å². The first-order chi connectivity index (χ1) is 7.86. The second-order valence-electron chi connectivity index (χ2n) is 3.44. The highest BCUT2D eigenvalue weighted by Gasteiger charge is 2.28.